The Morgan fingerprint density at radius 3 is 2.39 bits per heavy atom. The zero-order valence-corrected chi connectivity index (χ0v) is 16.9. The lowest BCUT2D eigenvalue weighted by molar-refractivity contribution is -0.885. The van der Waals surface area contributed by atoms with Crippen LogP contribution in [0.4, 0.5) is 4.79 Å². The normalized spacial score (nSPS) is 31.3. The highest BCUT2D eigenvalue weighted by atomic mass is 16.5. The second-order valence-electron chi connectivity index (χ2n) is 9.36. The van der Waals surface area contributed by atoms with Crippen molar-refractivity contribution in [3.63, 3.8) is 0 Å². The Kier molecular flexibility index (Phi) is 5.32. The van der Waals surface area contributed by atoms with Crippen LogP contribution in [0.25, 0.3) is 0 Å². The van der Waals surface area contributed by atoms with Gasteiger partial charge in [0, 0.05) is 11.1 Å². The van der Waals surface area contributed by atoms with E-state index in [1.165, 1.54) is 19.3 Å². The summed E-state index contributed by atoms with van der Waals surface area (Å²) >= 11 is 0. The third kappa shape index (κ3) is 4.32. The van der Waals surface area contributed by atoms with Crippen molar-refractivity contribution in [3.05, 3.63) is 29.8 Å². The van der Waals surface area contributed by atoms with Crippen LogP contribution >= 0.6 is 0 Å². The average molecular weight is 387 g/mol. The number of urea groups is 1. The van der Waals surface area contributed by atoms with Gasteiger partial charge in [0.05, 0.1) is 14.2 Å². The number of amides is 3. The fourth-order valence-electron chi connectivity index (χ4n) is 6.17. The van der Waals surface area contributed by atoms with Gasteiger partial charge in [-0.15, -0.1) is 0 Å². The molecule has 3 N–H and O–H groups in total. The lowest BCUT2D eigenvalue weighted by Crippen LogP contribution is -3.09. The van der Waals surface area contributed by atoms with Crippen molar-refractivity contribution in [1.82, 2.24) is 10.6 Å². The Morgan fingerprint density at radius 2 is 1.79 bits per heavy atom. The highest BCUT2D eigenvalue weighted by molar-refractivity contribution is 5.95. The molecule has 4 aliphatic carbocycles. The van der Waals surface area contributed by atoms with Crippen LogP contribution in [0.1, 0.15) is 44.1 Å². The Labute approximate surface area is 167 Å². The maximum Gasteiger partial charge on any atom is 0.322 e. The van der Waals surface area contributed by atoms with Crippen LogP contribution < -0.4 is 20.3 Å². The smallest absolute Gasteiger partial charge is 0.322 e. The topological polar surface area (TPSA) is 71.9 Å². The Balaban J connectivity index is 1.26. The second kappa shape index (κ2) is 7.74. The van der Waals surface area contributed by atoms with Gasteiger partial charge < -0.3 is 15.0 Å². The van der Waals surface area contributed by atoms with Crippen LogP contribution in [-0.4, -0.2) is 38.2 Å². The lowest BCUT2D eigenvalue weighted by atomic mass is 9.53. The average Bonchev–Trinajstić information content (AvgIpc) is 2.59. The van der Waals surface area contributed by atoms with Crippen LogP contribution in [-0.2, 0) is 11.3 Å². The SMILES string of the molecule is COc1cccc(C[NH+](C)CC(=O)NC(=O)NC23CC4CC(CC(C4)C2)C3)c1. The minimum Gasteiger partial charge on any atom is -0.497 e. The molecule has 28 heavy (non-hydrogen) atoms. The minimum absolute atomic E-state index is 0.0710. The van der Waals surface area contributed by atoms with Crippen LogP contribution in [0.5, 0.6) is 5.75 Å². The van der Waals surface area contributed by atoms with E-state index < -0.39 is 0 Å². The number of hydrogen-bond donors (Lipinski definition) is 3. The van der Waals surface area contributed by atoms with Crippen LogP contribution in [0.2, 0.25) is 0 Å². The zero-order valence-electron chi connectivity index (χ0n) is 16.9. The molecule has 5 rings (SSSR count). The van der Waals surface area contributed by atoms with Gasteiger partial charge in [-0.1, -0.05) is 12.1 Å². The van der Waals surface area contributed by atoms with Gasteiger partial charge in [-0.25, -0.2) is 4.79 Å². The summed E-state index contributed by atoms with van der Waals surface area (Å²) in [5.41, 5.74) is 1.03. The van der Waals surface area contributed by atoms with Gasteiger partial charge in [0.2, 0.25) is 0 Å². The molecule has 4 fully saturated rings. The summed E-state index contributed by atoms with van der Waals surface area (Å²) in [5.74, 6) is 2.87. The molecule has 1 unspecified atom stereocenters. The summed E-state index contributed by atoms with van der Waals surface area (Å²) in [7, 11) is 3.60. The number of methoxy groups -OCH3 is 1. The summed E-state index contributed by atoms with van der Waals surface area (Å²) in [6.07, 6.45) is 7.25. The molecular weight excluding hydrogens is 354 g/mol. The van der Waals surface area contributed by atoms with Crippen molar-refractivity contribution in [3.8, 4) is 5.75 Å². The molecule has 0 saturated heterocycles. The summed E-state index contributed by atoms with van der Waals surface area (Å²) in [5, 5.41) is 5.76. The fraction of sp³-hybridized carbons (Fsp3) is 0.636. The van der Waals surface area contributed by atoms with Gasteiger partial charge in [-0.2, -0.15) is 0 Å². The van der Waals surface area contributed by atoms with E-state index in [2.05, 4.69) is 10.6 Å². The molecule has 4 saturated carbocycles. The van der Waals surface area contributed by atoms with Gasteiger partial charge in [0.15, 0.2) is 6.54 Å². The van der Waals surface area contributed by atoms with Gasteiger partial charge in [0.25, 0.3) is 5.91 Å². The molecule has 1 atom stereocenters. The van der Waals surface area contributed by atoms with E-state index >= 15 is 0 Å². The highest BCUT2D eigenvalue weighted by Gasteiger charge is 2.51. The van der Waals surface area contributed by atoms with Crippen molar-refractivity contribution in [2.45, 2.75) is 50.6 Å². The monoisotopic (exact) mass is 386 g/mol. The maximum absolute atomic E-state index is 12.5. The van der Waals surface area contributed by atoms with E-state index in [-0.39, 0.29) is 24.0 Å². The number of rotatable bonds is 6. The van der Waals surface area contributed by atoms with Crippen molar-refractivity contribution in [2.75, 3.05) is 20.7 Å². The third-order valence-electron chi connectivity index (χ3n) is 6.77. The molecule has 152 valence electrons. The number of imide groups is 1. The quantitative estimate of drug-likeness (QED) is 0.694. The fourth-order valence-corrected chi connectivity index (χ4v) is 6.17. The molecule has 3 amide bonds. The first-order valence-corrected chi connectivity index (χ1v) is 10.5. The molecule has 1 aromatic rings. The lowest BCUT2D eigenvalue weighted by Gasteiger charge is -2.56. The summed E-state index contributed by atoms with van der Waals surface area (Å²) < 4.78 is 5.24. The first-order chi connectivity index (χ1) is 13.4. The van der Waals surface area contributed by atoms with Crippen molar-refractivity contribution in [1.29, 1.82) is 0 Å². The van der Waals surface area contributed by atoms with E-state index in [0.717, 1.165) is 53.2 Å². The van der Waals surface area contributed by atoms with Crippen molar-refractivity contribution < 1.29 is 19.2 Å². The first-order valence-electron chi connectivity index (χ1n) is 10.5. The number of quaternary nitrogens is 1. The molecule has 4 aliphatic rings. The molecular formula is C22H32N3O3+. The summed E-state index contributed by atoms with van der Waals surface area (Å²) in [6, 6.07) is 7.52. The Bertz CT molecular complexity index is 713. The number of ether oxygens (including phenoxy) is 1. The van der Waals surface area contributed by atoms with Gasteiger partial charge in [-0.05, 0) is 68.4 Å². The molecule has 1 aromatic carbocycles. The second-order valence-corrected chi connectivity index (χ2v) is 9.36. The molecule has 0 aliphatic heterocycles. The van der Waals surface area contributed by atoms with Crippen molar-refractivity contribution >= 4 is 11.9 Å². The van der Waals surface area contributed by atoms with Gasteiger partial charge in [-0.3, -0.25) is 10.1 Å². The minimum atomic E-state index is -0.318. The molecule has 4 bridgehead atoms. The number of benzene rings is 1. The highest BCUT2D eigenvalue weighted by Crippen LogP contribution is 2.55. The predicted molar refractivity (Wildman–Crippen MR) is 106 cm³/mol. The standard InChI is InChI=1S/C22H31N3O3/c1-25(13-15-4-3-5-19(9-15)28-2)14-20(26)23-21(27)24-22-10-16-6-17(11-22)8-18(7-16)12-22/h3-5,9,16-18H,6-8,10-14H2,1-2H3,(H2,23,24,26,27)/p+1. The molecule has 6 nitrogen and oxygen atoms in total. The third-order valence-corrected chi connectivity index (χ3v) is 6.77. The Morgan fingerprint density at radius 1 is 1.14 bits per heavy atom. The number of carbonyl (C=O) groups is 2. The number of nitrogens with one attached hydrogen (secondary N) is 3. The summed E-state index contributed by atoms with van der Waals surface area (Å²) in [6.45, 7) is 0.951. The van der Waals surface area contributed by atoms with Crippen molar-refractivity contribution in [2.24, 2.45) is 17.8 Å². The van der Waals surface area contributed by atoms with E-state index in [1.807, 2.05) is 31.3 Å². The maximum atomic E-state index is 12.5. The predicted octanol–water partition coefficient (Wildman–Crippen LogP) is 1.50. The Hall–Kier alpha value is -2.08. The van der Waals surface area contributed by atoms with E-state index in [4.69, 9.17) is 4.74 Å². The van der Waals surface area contributed by atoms with Crippen LogP contribution in [0.15, 0.2) is 24.3 Å². The van der Waals surface area contributed by atoms with Crippen LogP contribution in [0.3, 0.4) is 0 Å². The molecule has 0 heterocycles. The summed E-state index contributed by atoms with van der Waals surface area (Å²) in [4.78, 5) is 25.9. The van der Waals surface area contributed by atoms with Gasteiger partial charge >= 0.3 is 6.03 Å². The number of likely N-dealkylation sites (N-methyl/N-ethyl adjacent to an activating group) is 1. The van der Waals surface area contributed by atoms with E-state index in [0.29, 0.717) is 6.54 Å². The van der Waals surface area contributed by atoms with Gasteiger partial charge in [0.1, 0.15) is 12.3 Å². The molecule has 0 radical (unpaired) electrons. The first kappa shape index (κ1) is 19.2. The number of hydrogen-bond acceptors (Lipinski definition) is 3. The van der Waals surface area contributed by atoms with E-state index in [9.17, 15) is 9.59 Å². The largest absolute Gasteiger partial charge is 0.497 e. The molecule has 0 aromatic heterocycles. The number of carbonyl (C=O) groups excluding carboxylic acids is 2. The van der Waals surface area contributed by atoms with Crippen LogP contribution in [0, 0.1) is 17.8 Å². The zero-order chi connectivity index (χ0) is 19.7. The molecule has 6 heteroatoms. The van der Waals surface area contributed by atoms with E-state index in [1.54, 1.807) is 7.11 Å². The molecule has 0 spiro atoms.